The molecule has 4 nitrogen and oxygen atoms in total. The van der Waals surface area contributed by atoms with Crippen LogP contribution in [0.2, 0.25) is 5.02 Å². The highest BCUT2D eigenvalue weighted by atomic mass is 79.9. The average Bonchev–Trinajstić information content (AvgIpc) is 2.50. The largest absolute Gasteiger partial charge is 0.326 e. The molecular weight excluding hydrogens is 281 g/mol. The Morgan fingerprint density at radius 1 is 1.60 bits per heavy atom. The lowest BCUT2D eigenvalue weighted by Gasteiger charge is -2.17. The minimum absolute atomic E-state index is 0.00991. The number of nitrogens with two attached hydrogens (primary N) is 1. The van der Waals surface area contributed by atoms with E-state index in [9.17, 15) is 4.79 Å². The van der Waals surface area contributed by atoms with Gasteiger partial charge in [-0.1, -0.05) is 11.6 Å². The summed E-state index contributed by atoms with van der Waals surface area (Å²) in [5.74, 6) is -0.00991. The summed E-state index contributed by atoms with van der Waals surface area (Å²) in [5, 5.41) is 0.493. The summed E-state index contributed by atoms with van der Waals surface area (Å²) in [6.07, 6.45) is 3.53. The molecule has 0 spiro atoms. The number of carbonyl (C=O) groups is 1. The number of amides is 1. The summed E-state index contributed by atoms with van der Waals surface area (Å²) >= 11 is 9.33. The molecule has 1 fully saturated rings. The third-order valence-corrected chi connectivity index (χ3v) is 3.49. The van der Waals surface area contributed by atoms with Gasteiger partial charge in [0.2, 0.25) is 5.91 Å². The van der Waals surface area contributed by atoms with Crippen molar-refractivity contribution >= 4 is 39.1 Å². The lowest BCUT2D eigenvalue weighted by molar-refractivity contribution is -0.117. The summed E-state index contributed by atoms with van der Waals surface area (Å²) < 4.78 is 0.676. The molecule has 1 aliphatic heterocycles. The molecule has 1 unspecified atom stereocenters. The molecule has 1 aliphatic rings. The summed E-state index contributed by atoms with van der Waals surface area (Å²) in [6.45, 7) is 0.497. The fraction of sp³-hybridized carbons (Fsp3) is 0.333. The van der Waals surface area contributed by atoms with Crippen molar-refractivity contribution in [2.45, 2.75) is 12.5 Å². The Labute approximate surface area is 101 Å². The van der Waals surface area contributed by atoms with Gasteiger partial charge in [0.1, 0.15) is 0 Å². The Kier molecular flexibility index (Phi) is 2.95. The van der Waals surface area contributed by atoms with E-state index >= 15 is 0 Å². The predicted molar refractivity (Wildman–Crippen MR) is 61.9 cm³/mol. The van der Waals surface area contributed by atoms with E-state index in [0.717, 1.165) is 0 Å². The van der Waals surface area contributed by atoms with Crippen molar-refractivity contribution in [1.82, 2.24) is 4.98 Å². The van der Waals surface area contributed by atoms with Gasteiger partial charge >= 0.3 is 0 Å². The number of aromatic nitrogens is 1. The Morgan fingerprint density at radius 3 is 2.93 bits per heavy atom. The average molecular weight is 291 g/mol. The first-order chi connectivity index (χ1) is 7.09. The Bertz CT molecular complexity index is 412. The fourth-order valence-electron chi connectivity index (χ4n) is 1.57. The fourth-order valence-corrected chi connectivity index (χ4v) is 2.09. The molecule has 2 rings (SSSR count). The number of rotatable bonds is 1. The van der Waals surface area contributed by atoms with Gasteiger partial charge in [-0.2, -0.15) is 0 Å². The molecule has 6 heteroatoms. The molecule has 1 atom stereocenters. The van der Waals surface area contributed by atoms with Crippen LogP contribution in [-0.2, 0) is 4.79 Å². The van der Waals surface area contributed by atoms with Gasteiger partial charge in [-0.25, -0.2) is 0 Å². The number of halogens is 2. The molecule has 0 bridgehead atoms. The first kappa shape index (κ1) is 10.9. The summed E-state index contributed by atoms with van der Waals surface area (Å²) in [6, 6.07) is -0.118. The van der Waals surface area contributed by atoms with Crippen molar-refractivity contribution in [1.29, 1.82) is 0 Å². The molecular formula is C9H9BrClN3O. The van der Waals surface area contributed by atoms with Gasteiger partial charge in [0, 0.05) is 25.2 Å². The van der Waals surface area contributed by atoms with Crippen molar-refractivity contribution in [3.8, 4) is 0 Å². The van der Waals surface area contributed by atoms with E-state index in [2.05, 4.69) is 20.9 Å². The maximum absolute atomic E-state index is 11.6. The van der Waals surface area contributed by atoms with Crippen LogP contribution in [0, 0.1) is 0 Å². The molecule has 1 saturated heterocycles. The van der Waals surface area contributed by atoms with Gasteiger partial charge in [0.05, 0.1) is 21.4 Å². The first-order valence-corrected chi connectivity index (χ1v) is 5.61. The summed E-state index contributed by atoms with van der Waals surface area (Å²) in [5.41, 5.74) is 6.32. The van der Waals surface area contributed by atoms with Crippen LogP contribution in [0.5, 0.6) is 0 Å². The van der Waals surface area contributed by atoms with Gasteiger partial charge in [-0.3, -0.25) is 9.78 Å². The number of hydrogen-bond acceptors (Lipinski definition) is 3. The third-order valence-electron chi connectivity index (χ3n) is 2.27. The maximum Gasteiger partial charge on any atom is 0.228 e. The van der Waals surface area contributed by atoms with Crippen molar-refractivity contribution in [3.05, 3.63) is 21.9 Å². The molecule has 1 aromatic heterocycles. The van der Waals surface area contributed by atoms with E-state index in [1.165, 1.54) is 0 Å². The van der Waals surface area contributed by atoms with Crippen LogP contribution in [-0.4, -0.2) is 23.5 Å². The number of hydrogen-bond donors (Lipinski definition) is 1. The van der Waals surface area contributed by atoms with Crippen LogP contribution >= 0.6 is 27.5 Å². The Hall–Kier alpha value is -0.650. The zero-order valence-electron chi connectivity index (χ0n) is 7.78. The van der Waals surface area contributed by atoms with Crippen LogP contribution in [0.3, 0.4) is 0 Å². The number of nitrogens with zero attached hydrogens (tertiary/aromatic N) is 2. The quantitative estimate of drug-likeness (QED) is 0.854. The zero-order valence-corrected chi connectivity index (χ0v) is 10.1. The highest BCUT2D eigenvalue weighted by Crippen LogP contribution is 2.33. The molecule has 15 heavy (non-hydrogen) atoms. The molecule has 0 aromatic carbocycles. The minimum Gasteiger partial charge on any atom is -0.326 e. The van der Waals surface area contributed by atoms with Gasteiger partial charge in [0.15, 0.2) is 0 Å². The number of carbonyl (C=O) groups excluding carboxylic acids is 1. The summed E-state index contributed by atoms with van der Waals surface area (Å²) in [7, 11) is 0. The molecule has 80 valence electrons. The Morgan fingerprint density at radius 2 is 2.33 bits per heavy atom. The van der Waals surface area contributed by atoms with Crippen molar-refractivity contribution in [3.63, 3.8) is 0 Å². The lowest BCUT2D eigenvalue weighted by Crippen LogP contribution is -2.28. The second kappa shape index (κ2) is 4.08. The van der Waals surface area contributed by atoms with Crippen LogP contribution < -0.4 is 10.6 Å². The van der Waals surface area contributed by atoms with Crippen molar-refractivity contribution < 1.29 is 4.79 Å². The lowest BCUT2D eigenvalue weighted by atomic mass is 10.3. The number of anilines is 1. The van der Waals surface area contributed by atoms with E-state index in [1.807, 2.05) is 0 Å². The second-order valence-corrected chi connectivity index (χ2v) is 4.66. The topological polar surface area (TPSA) is 59.2 Å². The highest BCUT2D eigenvalue weighted by molar-refractivity contribution is 9.10. The van der Waals surface area contributed by atoms with Gasteiger partial charge in [-0.15, -0.1) is 0 Å². The molecule has 2 N–H and O–H groups in total. The van der Waals surface area contributed by atoms with Crippen LogP contribution in [0.4, 0.5) is 5.69 Å². The van der Waals surface area contributed by atoms with Crippen LogP contribution in [0.1, 0.15) is 6.42 Å². The molecule has 0 aliphatic carbocycles. The van der Waals surface area contributed by atoms with E-state index in [-0.39, 0.29) is 11.9 Å². The Balaban J connectivity index is 2.38. The minimum atomic E-state index is -0.118. The normalized spacial score (nSPS) is 21.1. The van der Waals surface area contributed by atoms with Gasteiger partial charge < -0.3 is 10.6 Å². The smallest absolute Gasteiger partial charge is 0.228 e. The SMILES string of the molecule is NC1CC(=O)N(c2cncc(Br)c2Cl)C1. The van der Waals surface area contributed by atoms with E-state index < -0.39 is 0 Å². The zero-order chi connectivity index (χ0) is 11.0. The monoisotopic (exact) mass is 289 g/mol. The first-order valence-electron chi connectivity index (χ1n) is 4.44. The van der Waals surface area contributed by atoms with E-state index in [4.69, 9.17) is 17.3 Å². The van der Waals surface area contributed by atoms with E-state index in [0.29, 0.717) is 28.1 Å². The maximum atomic E-state index is 11.6. The van der Waals surface area contributed by atoms with Crippen molar-refractivity contribution in [2.75, 3.05) is 11.4 Å². The van der Waals surface area contributed by atoms with Crippen LogP contribution in [0.15, 0.2) is 16.9 Å². The summed E-state index contributed by atoms with van der Waals surface area (Å²) in [4.78, 5) is 17.2. The standard InChI is InChI=1S/C9H9BrClN3O/c10-6-2-13-3-7(9(6)11)14-4-5(12)1-8(14)15/h2-3,5H,1,4,12H2. The van der Waals surface area contributed by atoms with Crippen LogP contribution in [0.25, 0.3) is 0 Å². The molecule has 0 radical (unpaired) electrons. The van der Waals surface area contributed by atoms with Gasteiger partial charge in [0.25, 0.3) is 0 Å². The van der Waals surface area contributed by atoms with Gasteiger partial charge in [-0.05, 0) is 15.9 Å². The van der Waals surface area contributed by atoms with Crippen molar-refractivity contribution in [2.24, 2.45) is 5.73 Å². The molecule has 1 amide bonds. The predicted octanol–water partition coefficient (Wildman–Crippen LogP) is 1.56. The molecule has 1 aromatic rings. The second-order valence-electron chi connectivity index (χ2n) is 3.42. The number of pyridine rings is 1. The van der Waals surface area contributed by atoms with E-state index in [1.54, 1.807) is 17.3 Å². The molecule has 2 heterocycles. The molecule has 0 saturated carbocycles. The third kappa shape index (κ3) is 2.00. The highest BCUT2D eigenvalue weighted by Gasteiger charge is 2.29.